The molecule has 0 saturated carbocycles. The highest BCUT2D eigenvalue weighted by molar-refractivity contribution is 5.46. The van der Waals surface area contributed by atoms with Gasteiger partial charge in [-0.2, -0.15) is 0 Å². The Balaban J connectivity index is 1.59. The van der Waals surface area contributed by atoms with Crippen molar-refractivity contribution in [2.75, 3.05) is 25.0 Å². The van der Waals surface area contributed by atoms with Crippen LogP contribution in [0.1, 0.15) is 58.3 Å². The second kappa shape index (κ2) is 10.5. The van der Waals surface area contributed by atoms with Gasteiger partial charge < -0.3 is 15.4 Å². The summed E-state index contributed by atoms with van der Waals surface area (Å²) < 4.78 is 6.02. The van der Waals surface area contributed by atoms with E-state index >= 15 is 0 Å². The molecule has 124 valence electrons. The largest absolute Gasteiger partial charge is 0.490 e. The van der Waals surface area contributed by atoms with Crippen LogP contribution in [0.4, 0.5) is 5.69 Å². The second-order valence-electron chi connectivity index (χ2n) is 6.29. The molecule has 0 unspecified atom stereocenters. The van der Waals surface area contributed by atoms with Gasteiger partial charge in [-0.1, -0.05) is 39.0 Å². The molecule has 0 atom stereocenters. The zero-order chi connectivity index (χ0) is 15.5. The molecule has 1 aromatic rings. The first-order chi connectivity index (χ1) is 10.9. The quantitative estimate of drug-likeness (QED) is 0.620. The summed E-state index contributed by atoms with van der Waals surface area (Å²) in [4.78, 5) is 0. The maximum Gasteiger partial charge on any atom is 0.119 e. The molecule has 1 saturated heterocycles. The third-order valence-electron chi connectivity index (χ3n) is 4.30. The van der Waals surface area contributed by atoms with Crippen LogP contribution in [0.5, 0.6) is 5.75 Å². The standard InChI is InChI=1S/C19H32N2O/c1-2-3-4-5-6-7-14-21-17-8-10-18(11-9-17)22-19-12-15-20-16-13-19/h8-11,19-21H,2-7,12-16H2,1H3. The number of unbranched alkanes of at least 4 members (excludes halogenated alkanes) is 5. The number of nitrogens with one attached hydrogen (secondary N) is 2. The molecule has 0 bridgehead atoms. The molecule has 0 amide bonds. The van der Waals surface area contributed by atoms with E-state index in [1.807, 2.05) is 0 Å². The molecular weight excluding hydrogens is 272 g/mol. The third-order valence-corrected chi connectivity index (χ3v) is 4.30. The fourth-order valence-corrected chi connectivity index (χ4v) is 2.90. The van der Waals surface area contributed by atoms with Crippen LogP contribution in [0.3, 0.4) is 0 Å². The molecule has 1 aliphatic heterocycles. The molecule has 3 heteroatoms. The van der Waals surface area contributed by atoms with E-state index in [4.69, 9.17) is 4.74 Å². The third kappa shape index (κ3) is 6.69. The summed E-state index contributed by atoms with van der Waals surface area (Å²) in [5.41, 5.74) is 1.20. The van der Waals surface area contributed by atoms with Gasteiger partial charge in [0.05, 0.1) is 0 Å². The predicted molar refractivity (Wildman–Crippen MR) is 94.8 cm³/mol. The minimum absolute atomic E-state index is 0.378. The zero-order valence-corrected chi connectivity index (χ0v) is 14.1. The maximum atomic E-state index is 6.02. The molecule has 2 N–H and O–H groups in total. The summed E-state index contributed by atoms with van der Waals surface area (Å²) in [5, 5.41) is 6.87. The lowest BCUT2D eigenvalue weighted by atomic mass is 10.1. The van der Waals surface area contributed by atoms with Crippen LogP contribution >= 0.6 is 0 Å². The Morgan fingerprint density at radius 3 is 2.41 bits per heavy atom. The maximum absolute atomic E-state index is 6.02. The molecule has 3 nitrogen and oxygen atoms in total. The number of hydrogen-bond donors (Lipinski definition) is 2. The summed E-state index contributed by atoms with van der Waals surface area (Å²) in [7, 11) is 0. The lowest BCUT2D eigenvalue weighted by Crippen LogP contribution is -2.34. The van der Waals surface area contributed by atoms with Gasteiger partial charge in [-0.05, 0) is 56.6 Å². The summed E-state index contributed by atoms with van der Waals surface area (Å²) in [6.07, 6.45) is 10.7. The summed E-state index contributed by atoms with van der Waals surface area (Å²) in [6.45, 7) is 5.48. The SMILES string of the molecule is CCCCCCCCNc1ccc(OC2CCNCC2)cc1. The van der Waals surface area contributed by atoms with Crippen molar-refractivity contribution in [3.05, 3.63) is 24.3 Å². The lowest BCUT2D eigenvalue weighted by Gasteiger charge is -2.23. The van der Waals surface area contributed by atoms with Gasteiger partial charge in [-0.15, -0.1) is 0 Å². The van der Waals surface area contributed by atoms with E-state index < -0.39 is 0 Å². The van der Waals surface area contributed by atoms with Crippen LogP contribution in [0.2, 0.25) is 0 Å². The van der Waals surface area contributed by atoms with Crippen molar-refractivity contribution in [1.29, 1.82) is 0 Å². The van der Waals surface area contributed by atoms with Crippen LogP contribution in [-0.2, 0) is 0 Å². The van der Waals surface area contributed by atoms with Crippen LogP contribution in [0, 0.1) is 0 Å². The first-order valence-corrected chi connectivity index (χ1v) is 9.10. The number of hydrogen-bond acceptors (Lipinski definition) is 3. The fraction of sp³-hybridized carbons (Fsp3) is 0.684. The smallest absolute Gasteiger partial charge is 0.119 e. The van der Waals surface area contributed by atoms with Crippen LogP contribution in [0.25, 0.3) is 0 Å². The van der Waals surface area contributed by atoms with Gasteiger partial charge >= 0.3 is 0 Å². The highest BCUT2D eigenvalue weighted by atomic mass is 16.5. The number of ether oxygens (including phenoxy) is 1. The molecule has 0 radical (unpaired) electrons. The van der Waals surface area contributed by atoms with Crippen molar-refractivity contribution in [3.8, 4) is 5.75 Å². The van der Waals surface area contributed by atoms with Crippen LogP contribution in [-0.4, -0.2) is 25.7 Å². The molecule has 2 rings (SSSR count). The predicted octanol–water partition coefficient (Wildman–Crippen LogP) is 4.59. The molecular formula is C19H32N2O. The normalized spacial score (nSPS) is 15.7. The molecule has 0 aromatic heterocycles. The number of piperidine rings is 1. The van der Waals surface area contributed by atoms with Crippen molar-refractivity contribution >= 4 is 5.69 Å². The van der Waals surface area contributed by atoms with Gasteiger partial charge in [0.2, 0.25) is 0 Å². The summed E-state index contributed by atoms with van der Waals surface area (Å²) in [5.74, 6) is 0.997. The van der Waals surface area contributed by atoms with Crippen molar-refractivity contribution in [2.24, 2.45) is 0 Å². The van der Waals surface area contributed by atoms with E-state index in [9.17, 15) is 0 Å². The van der Waals surface area contributed by atoms with Gasteiger partial charge in [0.15, 0.2) is 0 Å². The topological polar surface area (TPSA) is 33.3 Å². The monoisotopic (exact) mass is 304 g/mol. The van der Waals surface area contributed by atoms with E-state index in [0.717, 1.165) is 38.2 Å². The van der Waals surface area contributed by atoms with E-state index in [-0.39, 0.29) is 0 Å². The first kappa shape index (κ1) is 17.1. The van der Waals surface area contributed by atoms with Crippen molar-refractivity contribution in [2.45, 2.75) is 64.4 Å². The molecule has 22 heavy (non-hydrogen) atoms. The Hall–Kier alpha value is -1.22. The van der Waals surface area contributed by atoms with Crippen molar-refractivity contribution < 1.29 is 4.74 Å². The Morgan fingerprint density at radius 2 is 1.68 bits per heavy atom. The molecule has 1 fully saturated rings. The van der Waals surface area contributed by atoms with E-state index in [2.05, 4.69) is 41.8 Å². The van der Waals surface area contributed by atoms with Gasteiger partial charge in [0.1, 0.15) is 11.9 Å². The van der Waals surface area contributed by atoms with Crippen LogP contribution < -0.4 is 15.4 Å². The highest BCUT2D eigenvalue weighted by Gasteiger charge is 2.14. The van der Waals surface area contributed by atoms with Crippen molar-refractivity contribution in [3.63, 3.8) is 0 Å². The zero-order valence-electron chi connectivity index (χ0n) is 14.1. The van der Waals surface area contributed by atoms with Gasteiger partial charge in [0.25, 0.3) is 0 Å². The van der Waals surface area contributed by atoms with Crippen molar-refractivity contribution in [1.82, 2.24) is 5.32 Å². The Bertz CT molecular complexity index is 385. The Kier molecular flexibility index (Phi) is 8.18. The fourth-order valence-electron chi connectivity index (χ4n) is 2.90. The van der Waals surface area contributed by atoms with E-state index in [1.54, 1.807) is 0 Å². The minimum atomic E-state index is 0.378. The van der Waals surface area contributed by atoms with Gasteiger partial charge in [0, 0.05) is 12.2 Å². The molecule has 1 aliphatic rings. The molecule has 0 aliphatic carbocycles. The molecule has 1 aromatic carbocycles. The van der Waals surface area contributed by atoms with Gasteiger partial charge in [-0.25, -0.2) is 0 Å². The Morgan fingerprint density at radius 1 is 1.00 bits per heavy atom. The number of anilines is 1. The molecule has 1 heterocycles. The summed E-state index contributed by atoms with van der Waals surface area (Å²) in [6, 6.07) is 8.44. The van der Waals surface area contributed by atoms with Crippen LogP contribution in [0.15, 0.2) is 24.3 Å². The minimum Gasteiger partial charge on any atom is -0.490 e. The lowest BCUT2D eigenvalue weighted by molar-refractivity contribution is 0.162. The summed E-state index contributed by atoms with van der Waals surface area (Å²) >= 11 is 0. The van der Waals surface area contributed by atoms with E-state index in [0.29, 0.717) is 6.10 Å². The molecule has 0 spiro atoms. The van der Waals surface area contributed by atoms with Gasteiger partial charge in [-0.3, -0.25) is 0 Å². The second-order valence-corrected chi connectivity index (χ2v) is 6.29. The number of benzene rings is 1. The first-order valence-electron chi connectivity index (χ1n) is 9.10. The van der Waals surface area contributed by atoms with E-state index in [1.165, 1.54) is 44.2 Å². The highest BCUT2D eigenvalue weighted by Crippen LogP contribution is 2.19. The average molecular weight is 304 g/mol. The Labute approximate surface area is 135 Å². The average Bonchev–Trinajstić information content (AvgIpc) is 2.56. The number of rotatable bonds is 10.